The van der Waals surface area contributed by atoms with E-state index in [1.165, 1.54) is 11.7 Å². The minimum atomic E-state index is -0.650. The number of pyridine rings is 1. The van der Waals surface area contributed by atoms with Crippen LogP contribution in [0.4, 0.5) is 4.79 Å². The summed E-state index contributed by atoms with van der Waals surface area (Å²) in [7, 11) is 1.28. The summed E-state index contributed by atoms with van der Waals surface area (Å²) in [5, 5.41) is 0. The Kier molecular flexibility index (Phi) is 4.40. The second-order valence-electron chi connectivity index (χ2n) is 5.86. The number of aromatic nitrogens is 1. The van der Waals surface area contributed by atoms with E-state index in [1.807, 2.05) is 6.07 Å². The molecule has 6 heteroatoms. The number of hydrogen-bond donors (Lipinski definition) is 0. The molecule has 0 fully saturated rings. The van der Waals surface area contributed by atoms with Crippen molar-refractivity contribution in [1.29, 1.82) is 0 Å². The third-order valence-corrected chi connectivity index (χ3v) is 2.98. The van der Waals surface area contributed by atoms with Crippen LogP contribution in [0.1, 0.15) is 32.8 Å². The van der Waals surface area contributed by atoms with Crippen molar-refractivity contribution < 1.29 is 23.6 Å². The Morgan fingerprint density at radius 1 is 1.32 bits per heavy atom. The molecule has 1 aliphatic rings. The zero-order valence-corrected chi connectivity index (χ0v) is 13.1. The molecule has 0 bridgehead atoms. The molecule has 1 aromatic heterocycles. The van der Waals surface area contributed by atoms with E-state index in [9.17, 15) is 9.59 Å². The van der Waals surface area contributed by atoms with Crippen molar-refractivity contribution in [2.75, 3.05) is 7.11 Å². The molecule has 1 aliphatic heterocycles. The first-order chi connectivity index (χ1) is 10.3. The lowest BCUT2D eigenvalue weighted by Gasteiger charge is -2.15. The van der Waals surface area contributed by atoms with E-state index < -0.39 is 17.7 Å². The molecule has 0 saturated heterocycles. The first kappa shape index (κ1) is 15.9. The summed E-state index contributed by atoms with van der Waals surface area (Å²) in [6, 6.07) is 3.66. The average molecular weight is 303 g/mol. The maximum atomic E-state index is 12.3. The van der Waals surface area contributed by atoms with Crippen molar-refractivity contribution >= 4 is 23.3 Å². The quantitative estimate of drug-likeness (QED) is 0.620. The molecule has 116 valence electrons. The number of nitrogens with zero attached hydrogens (tertiary/aromatic N) is 2. The summed E-state index contributed by atoms with van der Waals surface area (Å²) in [5.41, 5.74) is 1.23. The summed E-state index contributed by atoms with van der Waals surface area (Å²) in [6.07, 6.45) is 4.62. The molecule has 2 rings (SSSR count). The lowest BCUT2D eigenvalue weighted by Crippen LogP contribution is -2.33. The smallest absolute Gasteiger partial charge is 0.461 e. The Balaban J connectivity index is 2.35. The maximum Gasteiger partial charge on any atom is 0.602 e. The highest BCUT2D eigenvalue weighted by Crippen LogP contribution is 2.24. The van der Waals surface area contributed by atoms with Crippen LogP contribution in [0, 0.1) is 0 Å². The summed E-state index contributed by atoms with van der Waals surface area (Å²) in [6.45, 7) is 5.31. The van der Waals surface area contributed by atoms with Crippen LogP contribution in [-0.2, 0) is 14.3 Å². The minimum absolute atomic E-state index is 0.232. The van der Waals surface area contributed by atoms with E-state index in [4.69, 9.17) is 9.47 Å². The highest BCUT2D eigenvalue weighted by molar-refractivity contribution is 6.37. The van der Waals surface area contributed by atoms with Gasteiger partial charge in [-0.05, 0) is 26.8 Å². The largest absolute Gasteiger partial charge is 0.602 e. The Bertz CT molecular complexity index is 654. The second kappa shape index (κ2) is 6.09. The van der Waals surface area contributed by atoms with Crippen molar-refractivity contribution in [3.8, 4) is 0 Å². The number of amides is 1. The molecule has 22 heavy (non-hydrogen) atoms. The van der Waals surface area contributed by atoms with Crippen LogP contribution in [0.3, 0.4) is 0 Å². The average Bonchev–Trinajstić information content (AvgIpc) is 2.91. The van der Waals surface area contributed by atoms with Gasteiger partial charge in [-0.1, -0.05) is 10.6 Å². The van der Waals surface area contributed by atoms with Crippen LogP contribution in [0.5, 0.6) is 0 Å². The van der Waals surface area contributed by atoms with Gasteiger partial charge in [-0.2, -0.15) is 4.79 Å². The number of esters is 1. The first-order valence-corrected chi connectivity index (χ1v) is 6.89. The minimum Gasteiger partial charge on any atom is -0.461 e. The van der Waals surface area contributed by atoms with E-state index in [0.717, 1.165) is 11.1 Å². The highest BCUT2D eigenvalue weighted by atomic mass is 16.6. The summed E-state index contributed by atoms with van der Waals surface area (Å²) in [4.78, 5) is 28.2. The molecule has 0 radical (unpaired) electrons. The Morgan fingerprint density at radius 3 is 2.59 bits per heavy atom. The van der Waals surface area contributed by atoms with E-state index in [-0.39, 0.29) is 12.1 Å². The molecule has 0 unspecified atom stereocenters. The monoisotopic (exact) mass is 303 g/mol. The molecule has 1 amide bonds. The van der Waals surface area contributed by atoms with Gasteiger partial charge < -0.3 is 9.47 Å². The third kappa shape index (κ3) is 3.58. The molecular formula is C16H19N2O4+. The number of rotatable bonds is 2. The molecule has 0 N–H and O–H groups in total. The van der Waals surface area contributed by atoms with E-state index >= 15 is 0 Å². The Labute approximate surface area is 129 Å². The van der Waals surface area contributed by atoms with Gasteiger partial charge in [0.2, 0.25) is 0 Å². The van der Waals surface area contributed by atoms with Gasteiger partial charge in [0.25, 0.3) is 5.71 Å². The molecule has 1 aromatic rings. The van der Waals surface area contributed by atoms with E-state index in [1.54, 1.807) is 45.4 Å². The van der Waals surface area contributed by atoms with Crippen molar-refractivity contribution in [2.45, 2.75) is 32.8 Å². The fraction of sp³-hybridized carbons (Fsp3) is 0.375. The van der Waals surface area contributed by atoms with Crippen molar-refractivity contribution in [2.24, 2.45) is 0 Å². The van der Waals surface area contributed by atoms with Gasteiger partial charge in [-0.25, -0.2) is 4.79 Å². The van der Waals surface area contributed by atoms with Gasteiger partial charge >= 0.3 is 12.1 Å². The number of allylic oxidation sites excluding steroid dienone is 1. The van der Waals surface area contributed by atoms with E-state index in [2.05, 4.69) is 4.98 Å². The molecular weight excluding hydrogens is 284 g/mol. The molecule has 2 heterocycles. The van der Waals surface area contributed by atoms with Crippen molar-refractivity contribution in [1.82, 2.24) is 4.98 Å². The Hall–Kier alpha value is -2.50. The van der Waals surface area contributed by atoms with Crippen LogP contribution < -0.4 is 0 Å². The normalized spacial score (nSPS) is 14.6. The number of hydrogen-bond acceptors (Lipinski definition) is 5. The number of carbonyl (C=O) groups is 2. The summed E-state index contributed by atoms with van der Waals surface area (Å²) < 4.78 is 11.3. The SMILES string of the molecule is COC(=O)C1=[N+](C(=O)OC(C)(C)C)C=C(c2cccnc2)C1. The standard InChI is InChI=1S/C16H19N2O4/c1-16(2,3)22-15(20)18-10-12(8-13(18)14(19)21-4)11-6-5-7-17-9-11/h5-7,9-10H,8H2,1-4H3/q+1. The van der Waals surface area contributed by atoms with E-state index in [0.29, 0.717) is 0 Å². The molecule has 0 aromatic carbocycles. The predicted octanol–water partition coefficient (Wildman–Crippen LogP) is 2.39. The van der Waals surface area contributed by atoms with Crippen LogP contribution in [0.25, 0.3) is 5.57 Å². The van der Waals surface area contributed by atoms with Crippen LogP contribution >= 0.6 is 0 Å². The van der Waals surface area contributed by atoms with Gasteiger partial charge in [0.1, 0.15) is 5.60 Å². The van der Waals surface area contributed by atoms with Crippen LogP contribution in [-0.4, -0.2) is 40.0 Å². The number of methoxy groups -OCH3 is 1. The molecule has 6 nitrogen and oxygen atoms in total. The fourth-order valence-corrected chi connectivity index (χ4v) is 2.04. The predicted molar refractivity (Wildman–Crippen MR) is 80.3 cm³/mol. The lowest BCUT2D eigenvalue weighted by molar-refractivity contribution is -0.376. The highest BCUT2D eigenvalue weighted by Gasteiger charge is 2.39. The van der Waals surface area contributed by atoms with Crippen molar-refractivity contribution in [3.05, 3.63) is 36.3 Å². The molecule has 0 saturated carbocycles. The van der Waals surface area contributed by atoms with Crippen LogP contribution in [0.2, 0.25) is 0 Å². The topological polar surface area (TPSA) is 68.5 Å². The molecule has 0 atom stereocenters. The van der Waals surface area contributed by atoms with Crippen molar-refractivity contribution in [3.63, 3.8) is 0 Å². The first-order valence-electron chi connectivity index (χ1n) is 6.89. The summed E-state index contributed by atoms with van der Waals surface area (Å²) in [5.74, 6) is -0.555. The Morgan fingerprint density at radius 2 is 2.05 bits per heavy atom. The van der Waals surface area contributed by atoms with Gasteiger partial charge in [0.15, 0.2) is 6.20 Å². The number of ether oxygens (including phenoxy) is 2. The van der Waals surface area contributed by atoms with Gasteiger partial charge in [-0.15, -0.1) is 0 Å². The molecule has 0 spiro atoms. The lowest BCUT2D eigenvalue weighted by atomic mass is 10.1. The zero-order chi connectivity index (χ0) is 16.3. The maximum absolute atomic E-state index is 12.3. The molecule has 0 aliphatic carbocycles. The number of carbonyl (C=O) groups excluding carboxylic acids is 2. The van der Waals surface area contributed by atoms with Gasteiger partial charge in [0, 0.05) is 23.5 Å². The second-order valence-corrected chi connectivity index (χ2v) is 5.86. The zero-order valence-electron chi connectivity index (χ0n) is 13.1. The van der Waals surface area contributed by atoms with Gasteiger partial charge in [-0.3, -0.25) is 4.98 Å². The van der Waals surface area contributed by atoms with Gasteiger partial charge in [0.05, 0.1) is 13.5 Å². The fourth-order valence-electron chi connectivity index (χ4n) is 2.04. The summed E-state index contributed by atoms with van der Waals surface area (Å²) >= 11 is 0. The van der Waals surface area contributed by atoms with Crippen LogP contribution in [0.15, 0.2) is 30.7 Å². The third-order valence-electron chi connectivity index (χ3n) is 2.98.